The highest BCUT2D eigenvalue weighted by Gasteiger charge is 2.51. The Bertz CT molecular complexity index is 642. The highest BCUT2D eigenvalue weighted by atomic mass is 31.2. The minimum atomic E-state index is -3.91. The van der Waals surface area contributed by atoms with Gasteiger partial charge in [0.25, 0.3) is 0 Å². The number of rotatable bonds is 8. The summed E-state index contributed by atoms with van der Waals surface area (Å²) < 4.78 is 39.1. The largest absolute Gasteiger partial charge is 0.378 e. The Hall–Kier alpha value is 0.0300. The van der Waals surface area contributed by atoms with Crippen molar-refractivity contribution in [1.82, 2.24) is 0 Å². The molecule has 1 unspecified atom stereocenters. The van der Waals surface area contributed by atoms with Gasteiger partial charge in [-0.15, -0.1) is 0 Å². The molecule has 1 N–H and O–H groups in total. The Balaban J connectivity index is 1.89. The summed E-state index contributed by atoms with van der Waals surface area (Å²) in [5, 5.41) is 11.4. The normalized spacial score (nSPS) is 40.2. The first-order valence-electron chi connectivity index (χ1n) is 13.3. The van der Waals surface area contributed by atoms with Crippen LogP contribution in [-0.4, -0.2) is 41.7 Å². The standard InChI is InChI=1S/C26H49O6P/c1-16(2)20-11-9-18(5)13-22(20)31-33(28,25(27)24-15-29-26(7,8)30-24)32-23-14-19(6)10-12-21(23)17(3)4/h16-25,27H,9-15H2,1-8H3/t18-,19+,20-,21-,22-,23-,24+,25+,33?/m1/s1. The molecule has 7 heteroatoms. The summed E-state index contributed by atoms with van der Waals surface area (Å²) in [6.07, 6.45) is 4.96. The lowest BCUT2D eigenvalue weighted by molar-refractivity contribution is -0.147. The van der Waals surface area contributed by atoms with Gasteiger partial charge >= 0.3 is 7.60 Å². The summed E-state index contributed by atoms with van der Waals surface area (Å²) in [5.74, 6) is 0.234. The van der Waals surface area contributed by atoms with Gasteiger partial charge in [-0.05, 0) is 75.0 Å². The third kappa shape index (κ3) is 6.83. The molecule has 1 aliphatic heterocycles. The average molecular weight is 489 g/mol. The van der Waals surface area contributed by atoms with Crippen LogP contribution in [0.1, 0.15) is 93.9 Å². The van der Waals surface area contributed by atoms with E-state index in [2.05, 4.69) is 41.5 Å². The molecule has 2 aliphatic carbocycles. The van der Waals surface area contributed by atoms with E-state index in [1.54, 1.807) is 0 Å². The van der Waals surface area contributed by atoms with E-state index in [1.807, 2.05) is 13.8 Å². The molecule has 3 fully saturated rings. The van der Waals surface area contributed by atoms with Crippen molar-refractivity contribution in [1.29, 1.82) is 0 Å². The van der Waals surface area contributed by atoms with Crippen LogP contribution in [0.3, 0.4) is 0 Å². The quantitative estimate of drug-likeness (QED) is 0.388. The molecule has 0 spiro atoms. The predicted octanol–water partition coefficient (Wildman–Crippen LogP) is 6.60. The van der Waals surface area contributed by atoms with E-state index in [0.29, 0.717) is 35.5 Å². The maximum absolute atomic E-state index is 14.6. The molecule has 0 aromatic heterocycles. The van der Waals surface area contributed by atoms with Gasteiger partial charge < -0.3 is 23.6 Å². The van der Waals surface area contributed by atoms with Crippen molar-refractivity contribution >= 4 is 7.60 Å². The van der Waals surface area contributed by atoms with Crippen molar-refractivity contribution in [3.05, 3.63) is 0 Å². The maximum atomic E-state index is 14.6. The summed E-state index contributed by atoms with van der Waals surface area (Å²) >= 11 is 0. The van der Waals surface area contributed by atoms with Gasteiger partial charge in [-0.2, -0.15) is 0 Å². The summed E-state index contributed by atoms with van der Waals surface area (Å²) in [6.45, 7) is 17.0. The molecule has 0 amide bonds. The van der Waals surface area contributed by atoms with Gasteiger partial charge in [0.05, 0.1) is 18.8 Å². The molecule has 1 saturated heterocycles. The van der Waals surface area contributed by atoms with Gasteiger partial charge in [0.1, 0.15) is 6.10 Å². The molecule has 6 nitrogen and oxygen atoms in total. The second-order valence-corrected chi connectivity index (χ2v) is 14.3. The molecule has 1 heterocycles. The molecular formula is C26H49O6P. The molecule has 33 heavy (non-hydrogen) atoms. The minimum absolute atomic E-state index is 0.175. The summed E-state index contributed by atoms with van der Waals surface area (Å²) in [5.41, 5.74) is 0. The van der Waals surface area contributed by atoms with Crippen molar-refractivity contribution in [2.45, 2.75) is 124 Å². The van der Waals surface area contributed by atoms with Gasteiger partial charge in [0.15, 0.2) is 11.6 Å². The van der Waals surface area contributed by atoms with Crippen molar-refractivity contribution in [3.8, 4) is 0 Å². The molecule has 3 aliphatic rings. The Morgan fingerprint density at radius 1 is 0.879 bits per heavy atom. The second kappa shape index (κ2) is 11.0. The first-order valence-corrected chi connectivity index (χ1v) is 14.9. The third-order valence-corrected chi connectivity index (χ3v) is 10.3. The van der Waals surface area contributed by atoms with Gasteiger partial charge in [0.2, 0.25) is 0 Å². The molecule has 194 valence electrons. The highest BCUT2D eigenvalue weighted by molar-refractivity contribution is 7.54. The number of aliphatic hydroxyl groups is 1. The predicted molar refractivity (Wildman–Crippen MR) is 131 cm³/mol. The van der Waals surface area contributed by atoms with E-state index < -0.39 is 25.3 Å². The fourth-order valence-corrected chi connectivity index (χ4v) is 8.16. The topological polar surface area (TPSA) is 74.2 Å². The van der Waals surface area contributed by atoms with Gasteiger partial charge in [-0.1, -0.05) is 54.4 Å². The Labute approximate surface area is 202 Å². The van der Waals surface area contributed by atoms with Crippen molar-refractivity contribution in [2.75, 3.05) is 6.61 Å². The van der Waals surface area contributed by atoms with Crippen LogP contribution in [0.5, 0.6) is 0 Å². The van der Waals surface area contributed by atoms with E-state index in [-0.39, 0.29) is 18.8 Å². The molecule has 0 radical (unpaired) electrons. The van der Waals surface area contributed by atoms with Crippen LogP contribution in [0.15, 0.2) is 0 Å². The molecule has 0 aromatic rings. The zero-order valence-electron chi connectivity index (χ0n) is 22.2. The average Bonchev–Trinajstić information content (AvgIpc) is 3.06. The van der Waals surface area contributed by atoms with E-state index in [0.717, 1.165) is 38.5 Å². The zero-order chi connectivity index (χ0) is 24.6. The lowest BCUT2D eigenvalue weighted by Crippen LogP contribution is -2.40. The Kier molecular flexibility index (Phi) is 9.18. The maximum Gasteiger partial charge on any atom is 0.362 e. The summed E-state index contributed by atoms with van der Waals surface area (Å²) in [7, 11) is -3.91. The molecule has 3 rings (SSSR count). The van der Waals surface area contributed by atoms with Crippen molar-refractivity contribution in [3.63, 3.8) is 0 Å². The fourth-order valence-electron chi connectivity index (χ4n) is 6.06. The van der Waals surface area contributed by atoms with E-state index in [9.17, 15) is 9.67 Å². The monoisotopic (exact) mass is 488 g/mol. The first kappa shape index (κ1) is 27.6. The lowest BCUT2D eigenvalue weighted by atomic mass is 9.75. The summed E-state index contributed by atoms with van der Waals surface area (Å²) in [6, 6.07) is 0. The number of aliphatic hydroxyl groups excluding tert-OH is 1. The molecule has 2 saturated carbocycles. The number of hydrogen-bond acceptors (Lipinski definition) is 6. The summed E-state index contributed by atoms with van der Waals surface area (Å²) in [4.78, 5) is 0. The Morgan fingerprint density at radius 3 is 1.70 bits per heavy atom. The zero-order valence-corrected chi connectivity index (χ0v) is 23.1. The molecule has 9 atom stereocenters. The Morgan fingerprint density at radius 2 is 1.33 bits per heavy atom. The second-order valence-electron chi connectivity index (χ2n) is 12.3. The molecular weight excluding hydrogens is 439 g/mol. The van der Waals surface area contributed by atoms with Crippen molar-refractivity contribution < 1.29 is 28.2 Å². The lowest BCUT2D eigenvalue weighted by Gasteiger charge is -2.43. The SMILES string of the molecule is CC(C)[C@H]1CC[C@@H](C)C[C@H]1OP(=O)(O[C@@H]1C[C@@H](C)CC[C@@H]1C(C)C)[C@H](O)[C@@H]1COC(C)(C)O1. The van der Waals surface area contributed by atoms with Gasteiger partial charge in [-0.25, -0.2) is 0 Å². The van der Waals surface area contributed by atoms with Crippen LogP contribution in [-0.2, 0) is 23.1 Å². The third-order valence-electron chi connectivity index (χ3n) is 8.17. The van der Waals surface area contributed by atoms with Crippen LogP contribution in [0.4, 0.5) is 0 Å². The van der Waals surface area contributed by atoms with Crippen LogP contribution < -0.4 is 0 Å². The van der Waals surface area contributed by atoms with Gasteiger partial charge in [-0.3, -0.25) is 4.57 Å². The van der Waals surface area contributed by atoms with Crippen molar-refractivity contribution in [2.24, 2.45) is 35.5 Å². The van der Waals surface area contributed by atoms with Crippen LogP contribution in [0.25, 0.3) is 0 Å². The van der Waals surface area contributed by atoms with E-state index in [1.165, 1.54) is 0 Å². The van der Waals surface area contributed by atoms with Crippen LogP contribution >= 0.6 is 7.60 Å². The molecule has 0 bridgehead atoms. The van der Waals surface area contributed by atoms with Crippen LogP contribution in [0.2, 0.25) is 0 Å². The van der Waals surface area contributed by atoms with E-state index >= 15 is 0 Å². The number of hydrogen-bond donors (Lipinski definition) is 1. The molecule has 0 aromatic carbocycles. The highest BCUT2D eigenvalue weighted by Crippen LogP contribution is 2.60. The van der Waals surface area contributed by atoms with Gasteiger partial charge in [0, 0.05) is 0 Å². The number of ether oxygens (including phenoxy) is 2. The van der Waals surface area contributed by atoms with E-state index in [4.69, 9.17) is 18.5 Å². The minimum Gasteiger partial charge on any atom is -0.378 e. The fraction of sp³-hybridized carbons (Fsp3) is 1.00. The first-order chi connectivity index (χ1) is 15.3. The van der Waals surface area contributed by atoms with Crippen LogP contribution in [0, 0.1) is 35.5 Å². The smallest absolute Gasteiger partial charge is 0.362 e.